The number of nitrogens with one attached hydrogen (secondary N) is 2. The SMILES string of the molecule is C[C@H](CNC(=O)c1ccccc1Nc1ccccc1)N1CCN(C)CC1. The molecule has 2 aromatic carbocycles. The van der Waals surface area contributed by atoms with Crippen molar-refractivity contribution in [2.24, 2.45) is 0 Å². The highest BCUT2D eigenvalue weighted by Gasteiger charge is 2.20. The molecule has 1 heterocycles. The Hall–Kier alpha value is -2.37. The monoisotopic (exact) mass is 352 g/mol. The number of anilines is 2. The molecule has 0 saturated carbocycles. The average molecular weight is 352 g/mol. The van der Waals surface area contributed by atoms with Crippen LogP contribution in [0.15, 0.2) is 54.6 Å². The predicted octanol–water partition coefficient (Wildman–Crippen LogP) is 2.80. The van der Waals surface area contributed by atoms with E-state index in [-0.39, 0.29) is 5.91 Å². The number of nitrogens with zero attached hydrogens (tertiary/aromatic N) is 2. The molecule has 0 aromatic heterocycles. The number of likely N-dealkylation sites (N-methyl/N-ethyl adjacent to an activating group) is 1. The summed E-state index contributed by atoms with van der Waals surface area (Å²) in [6.07, 6.45) is 0. The van der Waals surface area contributed by atoms with Crippen LogP contribution in [-0.2, 0) is 0 Å². The van der Waals surface area contributed by atoms with E-state index >= 15 is 0 Å². The maximum Gasteiger partial charge on any atom is 0.253 e. The fourth-order valence-electron chi connectivity index (χ4n) is 3.19. The quantitative estimate of drug-likeness (QED) is 0.839. The number of hydrogen-bond acceptors (Lipinski definition) is 4. The van der Waals surface area contributed by atoms with Crippen LogP contribution in [-0.4, -0.2) is 61.5 Å². The summed E-state index contributed by atoms with van der Waals surface area (Å²) < 4.78 is 0. The first kappa shape index (κ1) is 18.4. The molecular weight excluding hydrogens is 324 g/mol. The van der Waals surface area contributed by atoms with Crippen LogP contribution < -0.4 is 10.6 Å². The first-order valence-electron chi connectivity index (χ1n) is 9.25. The largest absolute Gasteiger partial charge is 0.355 e. The number of carbonyl (C=O) groups excluding carboxylic acids is 1. The molecule has 0 aliphatic carbocycles. The molecule has 2 aromatic rings. The van der Waals surface area contributed by atoms with E-state index in [4.69, 9.17) is 0 Å². The maximum atomic E-state index is 12.7. The Morgan fingerprint density at radius 3 is 2.38 bits per heavy atom. The van der Waals surface area contributed by atoms with Crippen molar-refractivity contribution in [1.29, 1.82) is 0 Å². The molecule has 2 N–H and O–H groups in total. The topological polar surface area (TPSA) is 47.6 Å². The van der Waals surface area contributed by atoms with Crippen molar-refractivity contribution in [3.63, 3.8) is 0 Å². The number of piperazine rings is 1. The molecule has 138 valence electrons. The predicted molar refractivity (Wildman–Crippen MR) is 107 cm³/mol. The number of rotatable bonds is 6. The van der Waals surface area contributed by atoms with Gasteiger partial charge in [0.15, 0.2) is 0 Å². The molecular formula is C21H28N4O. The summed E-state index contributed by atoms with van der Waals surface area (Å²) in [5, 5.41) is 6.43. The Kier molecular flexibility index (Phi) is 6.26. The van der Waals surface area contributed by atoms with Gasteiger partial charge in [-0.1, -0.05) is 30.3 Å². The molecule has 3 rings (SSSR count). The van der Waals surface area contributed by atoms with Gasteiger partial charge in [0.2, 0.25) is 0 Å². The van der Waals surface area contributed by atoms with Crippen molar-refractivity contribution in [1.82, 2.24) is 15.1 Å². The summed E-state index contributed by atoms with van der Waals surface area (Å²) in [6, 6.07) is 17.9. The number of benzene rings is 2. The summed E-state index contributed by atoms with van der Waals surface area (Å²) in [7, 11) is 2.15. The summed E-state index contributed by atoms with van der Waals surface area (Å²) in [4.78, 5) is 17.5. The highest BCUT2D eigenvalue weighted by Crippen LogP contribution is 2.20. The van der Waals surface area contributed by atoms with Crippen molar-refractivity contribution >= 4 is 17.3 Å². The van der Waals surface area contributed by atoms with Crippen LogP contribution in [0.25, 0.3) is 0 Å². The first-order chi connectivity index (χ1) is 12.6. The van der Waals surface area contributed by atoms with E-state index in [1.165, 1.54) is 0 Å². The van der Waals surface area contributed by atoms with Crippen LogP contribution in [0.2, 0.25) is 0 Å². The second-order valence-corrected chi connectivity index (χ2v) is 6.93. The van der Waals surface area contributed by atoms with Gasteiger partial charge in [-0.3, -0.25) is 9.69 Å². The van der Waals surface area contributed by atoms with E-state index in [1.54, 1.807) is 0 Å². The highest BCUT2D eigenvalue weighted by molar-refractivity contribution is 6.00. The third-order valence-electron chi connectivity index (χ3n) is 4.94. The summed E-state index contributed by atoms with van der Waals surface area (Å²) in [5.41, 5.74) is 2.46. The molecule has 1 fully saturated rings. The number of amides is 1. The summed E-state index contributed by atoms with van der Waals surface area (Å²) in [5.74, 6) is -0.0370. The Labute approximate surface area is 156 Å². The molecule has 1 saturated heterocycles. The van der Waals surface area contributed by atoms with Crippen molar-refractivity contribution in [3.8, 4) is 0 Å². The van der Waals surface area contributed by atoms with Gasteiger partial charge in [0.1, 0.15) is 0 Å². The van der Waals surface area contributed by atoms with Crippen LogP contribution in [0.1, 0.15) is 17.3 Å². The van der Waals surface area contributed by atoms with E-state index < -0.39 is 0 Å². The van der Waals surface area contributed by atoms with E-state index in [1.807, 2.05) is 54.6 Å². The van der Waals surface area contributed by atoms with Crippen LogP contribution in [0.4, 0.5) is 11.4 Å². The van der Waals surface area contributed by atoms with Gasteiger partial charge in [-0.05, 0) is 38.2 Å². The fraction of sp³-hybridized carbons (Fsp3) is 0.381. The summed E-state index contributed by atoms with van der Waals surface area (Å²) >= 11 is 0. The van der Waals surface area contributed by atoms with Crippen molar-refractivity contribution in [3.05, 3.63) is 60.2 Å². The minimum atomic E-state index is -0.0370. The molecule has 1 amide bonds. The molecule has 0 unspecified atom stereocenters. The molecule has 5 heteroatoms. The first-order valence-corrected chi connectivity index (χ1v) is 9.25. The zero-order valence-electron chi connectivity index (χ0n) is 15.6. The van der Waals surface area contributed by atoms with Crippen LogP contribution in [0.3, 0.4) is 0 Å². The lowest BCUT2D eigenvalue weighted by molar-refractivity contribution is 0.0904. The van der Waals surface area contributed by atoms with Crippen LogP contribution in [0, 0.1) is 0 Å². The highest BCUT2D eigenvalue weighted by atomic mass is 16.1. The molecule has 5 nitrogen and oxygen atoms in total. The van der Waals surface area contributed by atoms with Gasteiger partial charge in [0.05, 0.1) is 11.3 Å². The van der Waals surface area contributed by atoms with Gasteiger partial charge >= 0.3 is 0 Å². The number of para-hydroxylation sites is 2. The van der Waals surface area contributed by atoms with Gasteiger partial charge in [-0.15, -0.1) is 0 Å². The van der Waals surface area contributed by atoms with Crippen molar-refractivity contribution in [2.45, 2.75) is 13.0 Å². The number of carbonyl (C=O) groups is 1. The van der Waals surface area contributed by atoms with E-state index in [0.717, 1.165) is 37.6 Å². The van der Waals surface area contributed by atoms with Crippen LogP contribution in [0.5, 0.6) is 0 Å². The zero-order valence-corrected chi connectivity index (χ0v) is 15.6. The van der Waals surface area contributed by atoms with E-state index in [2.05, 4.69) is 34.4 Å². The lowest BCUT2D eigenvalue weighted by Gasteiger charge is -2.36. The minimum absolute atomic E-state index is 0.0370. The lowest BCUT2D eigenvalue weighted by Crippen LogP contribution is -2.51. The average Bonchev–Trinajstić information content (AvgIpc) is 2.67. The molecule has 1 atom stereocenters. The molecule has 1 aliphatic heterocycles. The van der Waals surface area contributed by atoms with Crippen LogP contribution >= 0.6 is 0 Å². The van der Waals surface area contributed by atoms with Gasteiger partial charge in [0.25, 0.3) is 5.91 Å². The maximum absolute atomic E-state index is 12.7. The third-order valence-corrected chi connectivity index (χ3v) is 4.94. The second-order valence-electron chi connectivity index (χ2n) is 6.93. The Morgan fingerprint density at radius 1 is 1.00 bits per heavy atom. The van der Waals surface area contributed by atoms with Gasteiger partial charge in [-0.25, -0.2) is 0 Å². The molecule has 0 radical (unpaired) electrons. The van der Waals surface area contributed by atoms with E-state index in [0.29, 0.717) is 18.2 Å². The van der Waals surface area contributed by atoms with Crippen molar-refractivity contribution in [2.75, 3.05) is 45.1 Å². The molecule has 26 heavy (non-hydrogen) atoms. The van der Waals surface area contributed by atoms with Crippen molar-refractivity contribution < 1.29 is 4.79 Å². The third kappa shape index (κ3) is 4.84. The summed E-state index contributed by atoms with van der Waals surface area (Å²) in [6.45, 7) is 7.12. The Balaban J connectivity index is 1.59. The van der Waals surface area contributed by atoms with Gasteiger partial charge < -0.3 is 15.5 Å². The molecule has 1 aliphatic rings. The van der Waals surface area contributed by atoms with E-state index in [9.17, 15) is 4.79 Å². The second kappa shape index (κ2) is 8.83. The van der Waals surface area contributed by atoms with Gasteiger partial charge in [-0.2, -0.15) is 0 Å². The molecule has 0 bridgehead atoms. The molecule has 0 spiro atoms. The fourth-order valence-corrected chi connectivity index (χ4v) is 3.19. The van der Waals surface area contributed by atoms with Gasteiger partial charge in [0, 0.05) is 44.5 Å². The Morgan fingerprint density at radius 2 is 1.65 bits per heavy atom. The lowest BCUT2D eigenvalue weighted by atomic mass is 10.1. The minimum Gasteiger partial charge on any atom is -0.355 e. The zero-order chi connectivity index (χ0) is 18.4. The standard InChI is InChI=1S/C21H28N4O/c1-17(25-14-12-24(2)13-15-25)16-22-21(26)19-10-6-7-11-20(19)23-18-8-4-3-5-9-18/h3-11,17,23H,12-16H2,1-2H3,(H,22,26)/t17-/m1/s1. The normalized spacial score (nSPS) is 16.8. The smallest absolute Gasteiger partial charge is 0.253 e. The Bertz CT molecular complexity index is 711. The number of hydrogen-bond donors (Lipinski definition) is 2.